The smallest absolute Gasteiger partial charge is 0.373 e. The van der Waals surface area contributed by atoms with Gasteiger partial charge in [-0.1, -0.05) is 0 Å². The van der Waals surface area contributed by atoms with Crippen LogP contribution >= 0.6 is 0 Å². The summed E-state index contributed by atoms with van der Waals surface area (Å²) in [5.74, 6) is -0.369. The van der Waals surface area contributed by atoms with E-state index in [1.165, 1.54) is 19.2 Å². The van der Waals surface area contributed by atoms with E-state index in [1.807, 2.05) is 0 Å². The number of aliphatic hydroxyl groups excluding tert-OH is 4. The van der Waals surface area contributed by atoms with E-state index in [9.17, 15) is 20.1 Å². The Morgan fingerprint density at radius 3 is 2.59 bits per heavy atom. The van der Waals surface area contributed by atoms with Gasteiger partial charge in [0.1, 0.15) is 36.8 Å². The summed E-state index contributed by atoms with van der Waals surface area (Å²) in [4.78, 5) is 11.2. The number of aliphatic hydroxyl groups is 4. The number of carbonyl (C=O) groups is 1. The molecule has 22 heavy (non-hydrogen) atoms. The molecule has 1 saturated heterocycles. The topological polar surface area (TPSA) is 139 Å². The van der Waals surface area contributed by atoms with E-state index in [-0.39, 0.29) is 18.1 Å². The highest BCUT2D eigenvalue weighted by Gasteiger charge is 2.44. The second kappa shape index (κ2) is 7.18. The monoisotopic (exact) mass is 318 g/mol. The first-order valence-electron chi connectivity index (χ1n) is 6.57. The largest absolute Gasteiger partial charge is 0.463 e. The Morgan fingerprint density at radius 1 is 1.23 bits per heavy atom. The minimum absolute atomic E-state index is 0.00472. The maximum atomic E-state index is 11.2. The van der Waals surface area contributed by atoms with Gasteiger partial charge in [-0.3, -0.25) is 0 Å². The van der Waals surface area contributed by atoms with Crippen molar-refractivity contribution >= 4 is 5.97 Å². The van der Waals surface area contributed by atoms with Crippen molar-refractivity contribution in [3.63, 3.8) is 0 Å². The highest BCUT2D eigenvalue weighted by atomic mass is 16.7. The highest BCUT2D eigenvalue weighted by Crippen LogP contribution is 2.23. The Hall–Kier alpha value is -1.49. The Bertz CT molecular complexity index is 497. The fourth-order valence-electron chi connectivity index (χ4n) is 2.04. The zero-order chi connectivity index (χ0) is 16.3. The van der Waals surface area contributed by atoms with Crippen molar-refractivity contribution in [2.24, 2.45) is 0 Å². The lowest BCUT2D eigenvalue weighted by molar-refractivity contribution is -0.304. The second-order valence-electron chi connectivity index (χ2n) is 4.77. The van der Waals surface area contributed by atoms with Gasteiger partial charge >= 0.3 is 5.97 Å². The number of methoxy groups -OCH3 is 1. The van der Waals surface area contributed by atoms with Gasteiger partial charge in [-0.25, -0.2) is 4.79 Å². The number of furan rings is 1. The molecular formula is C13H18O9. The summed E-state index contributed by atoms with van der Waals surface area (Å²) in [5, 5.41) is 38.1. The maximum Gasteiger partial charge on any atom is 0.373 e. The van der Waals surface area contributed by atoms with Gasteiger partial charge in [0.15, 0.2) is 6.29 Å². The van der Waals surface area contributed by atoms with Gasteiger partial charge in [-0.15, -0.1) is 0 Å². The van der Waals surface area contributed by atoms with E-state index in [4.69, 9.17) is 19.0 Å². The Kier molecular flexibility index (Phi) is 5.51. The van der Waals surface area contributed by atoms with Crippen molar-refractivity contribution in [2.45, 2.75) is 37.3 Å². The van der Waals surface area contributed by atoms with Gasteiger partial charge in [-0.2, -0.15) is 0 Å². The van der Waals surface area contributed by atoms with Crippen LogP contribution in [-0.4, -0.2) is 70.8 Å². The predicted octanol–water partition coefficient (Wildman–Crippen LogP) is -1.62. The number of carbonyl (C=O) groups excluding carboxylic acids is 1. The third-order valence-corrected chi connectivity index (χ3v) is 3.29. The lowest BCUT2D eigenvalue weighted by Crippen LogP contribution is -2.59. The molecule has 0 spiro atoms. The molecule has 5 atom stereocenters. The molecule has 2 heterocycles. The van der Waals surface area contributed by atoms with Crippen molar-refractivity contribution in [3.8, 4) is 0 Å². The van der Waals surface area contributed by atoms with E-state index in [0.29, 0.717) is 0 Å². The maximum absolute atomic E-state index is 11.2. The number of esters is 1. The van der Waals surface area contributed by atoms with Crippen LogP contribution in [0.5, 0.6) is 0 Å². The van der Waals surface area contributed by atoms with Crippen LogP contribution in [0.4, 0.5) is 0 Å². The standard InChI is InChI=1S/C13H18O9/c1-19-12(18)7-3-2-6(21-7)5-20-13-11(17)10(16)9(15)8(4-14)22-13/h2-3,8-11,13-17H,4-5H2,1H3/t8-,9-,10+,11-,13+/m1/s1. The van der Waals surface area contributed by atoms with Crippen LogP contribution in [0.25, 0.3) is 0 Å². The average molecular weight is 318 g/mol. The van der Waals surface area contributed by atoms with Crippen molar-refractivity contribution in [2.75, 3.05) is 13.7 Å². The second-order valence-corrected chi connectivity index (χ2v) is 4.77. The molecule has 9 nitrogen and oxygen atoms in total. The molecule has 0 amide bonds. The zero-order valence-corrected chi connectivity index (χ0v) is 11.8. The van der Waals surface area contributed by atoms with Crippen LogP contribution in [0.2, 0.25) is 0 Å². The molecule has 2 rings (SSSR count). The molecule has 1 aliphatic rings. The summed E-state index contributed by atoms with van der Waals surface area (Å²) in [7, 11) is 1.22. The summed E-state index contributed by atoms with van der Waals surface area (Å²) < 4.78 is 20.1. The molecule has 0 radical (unpaired) electrons. The fourth-order valence-corrected chi connectivity index (χ4v) is 2.04. The molecule has 0 aliphatic carbocycles. The van der Waals surface area contributed by atoms with Crippen LogP contribution in [-0.2, 0) is 20.8 Å². The fraction of sp³-hybridized carbons (Fsp3) is 0.615. The summed E-state index contributed by atoms with van der Waals surface area (Å²) in [5.41, 5.74) is 0. The van der Waals surface area contributed by atoms with Gasteiger partial charge in [-0.05, 0) is 12.1 Å². The average Bonchev–Trinajstić information content (AvgIpc) is 3.00. The molecule has 0 aromatic carbocycles. The van der Waals surface area contributed by atoms with Gasteiger partial charge in [0.2, 0.25) is 5.76 Å². The third kappa shape index (κ3) is 3.46. The van der Waals surface area contributed by atoms with Gasteiger partial charge in [0.25, 0.3) is 0 Å². The molecule has 4 N–H and O–H groups in total. The molecule has 0 saturated carbocycles. The summed E-state index contributed by atoms with van der Waals surface area (Å²) in [6, 6.07) is 2.88. The van der Waals surface area contributed by atoms with Crippen LogP contribution in [0.1, 0.15) is 16.3 Å². The first-order chi connectivity index (χ1) is 10.5. The van der Waals surface area contributed by atoms with Gasteiger partial charge in [0, 0.05) is 0 Å². The quantitative estimate of drug-likeness (QED) is 0.472. The summed E-state index contributed by atoms with van der Waals surface area (Å²) >= 11 is 0. The molecule has 9 heteroatoms. The molecule has 1 aromatic heterocycles. The molecule has 0 bridgehead atoms. The highest BCUT2D eigenvalue weighted by molar-refractivity contribution is 5.86. The molecule has 1 aromatic rings. The lowest BCUT2D eigenvalue weighted by Gasteiger charge is -2.39. The van der Waals surface area contributed by atoms with Crippen molar-refractivity contribution in [1.29, 1.82) is 0 Å². The van der Waals surface area contributed by atoms with Crippen molar-refractivity contribution < 1.29 is 43.8 Å². The zero-order valence-electron chi connectivity index (χ0n) is 11.8. The third-order valence-electron chi connectivity index (χ3n) is 3.29. The molecular weight excluding hydrogens is 300 g/mol. The van der Waals surface area contributed by atoms with Crippen molar-refractivity contribution in [3.05, 3.63) is 23.7 Å². The Balaban J connectivity index is 1.95. The first-order valence-corrected chi connectivity index (χ1v) is 6.57. The molecule has 1 aliphatic heterocycles. The molecule has 0 unspecified atom stereocenters. The van der Waals surface area contributed by atoms with Crippen LogP contribution < -0.4 is 0 Å². The van der Waals surface area contributed by atoms with E-state index < -0.39 is 43.3 Å². The van der Waals surface area contributed by atoms with E-state index in [2.05, 4.69) is 4.74 Å². The number of ether oxygens (including phenoxy) is 3. The van der Waals surface area contributed by atoms with Gasteiger partial charge in [0.05, 0.1) is 13.7 Å². The predicted molar refractivity (Wildman–Crippen MR) is 68.6 cm³/mol. The number of hydrogen-bond donors (Lipinski definition) is 4. The number of rotatable bonds is 5. The van der Waals surface area contributed by atoms with Crippen molar-refractivity contribution in [1.82, 2.24) is 0 Å². The van der Waals surface area contributed by atoms with Crippen LogP contribution in [0.15, 0.2) is 16.5 Å². The Labute approximate surface area is 125 Å². The first kappa shape index (κ1) is 16.9. The van der Waals surface area contributed by atoms with Gasteiger partial charge < -0.3 is 39.1 Å². The normalized spacial score (nSPS) is 32.0. The van der Waals surface area contributed by atoms with E-state index in [0.717, 1.165) is 0 Å². The SMILES string of the molecule is COC(=O)c1ccc(CO[C@H]2O[C@H](CO)[C@@H](O)[C@H](O)[C@H]2O)o1. The molecule has 124 valence electrons. The van der Waals surface area contributed by atoms with E-state index in [1.54, 1.807) is 0 Å². The Morgan fingerprint density at radius 2 is 1.95 bits per heavy atom. The summed E-state index contributed by atoms with van der Waals surface area (Å²) in [6.07, 6.45) is -6.77. The minimum Gasteiger partial charge on any atom is -0.463 e. The van der Waals surface area contributed by atoms with E-state index >= 15 is 0 Å². The van der Waals surface area contributed by atoms with Crippen LogP contribution in [0, 0.1) is 0 Å². The van der Waals surface area contributed by atoms with Crippen LogP contribution in [0.3, 0.4) is 0 Å². The summed E-state index contributed by atoms with van der Waals surface area (Å²) in [6.45, 7) is -0.697. The number of hydrogen-bond acceptors (Lipinski definition) is 9. The molecule has 1 fully saturated rings. The minimum atomic E-state index is -1.52. The lowest BCUT2D eigenvalue weighted by atomic mass is 9.99.